The van der Waals surface area contributed by atoms with Crippen molar-refractivity contribution in [3.05, 3.63) is 48.0 Å². The van der Waals surface area contributed by atoms with Gasteiger partial charge in [0.05, 0.1) is 17.5 Å². The normalized spacial score (nSPS) is 23.3. The number of alkyl carbamates (subject to hydrolysis) is 1. The number of likely N-dealkylation sites (tertiary alicyclic amines) is 1. The molecule has 2 saturated carbocycles. The molecule has 15 nitrogen and oxygen atoms in total. The molecule has 1 aromatic heterocycles. The van der Waals surface area contributed by atoms with Crippen LogP contribution in [0.2, 0.25) is 0 Å². The van der Waals surface area contributed by atoms with Gasteiger partial charge in [0.25, 0.3) is 5.91 Å². The Bertz CT molecular complexity index is 1920. The summed E-state index contributed by atoms with van der Waals surface area (Å²) >= 11 is 1.40. The van der Waals surface area contributed by atoms with E-state index >= 15 is 0 Å². The molecule has 5 atom stereocenters. The second kappa shape index (κ2) is 15.9. The lowest BCUT2D eigenvalue weighted by atomic mass is 9.85. The summed E-state index contributed by atoms with van der Waals surface area (Å²) < 4.78 is 39.7. The highest BCUT2D eigenvalue weighted by molar-refractivity contribution is 7.90. The van der Waals surface area contributed by atoms with Crippen LogP contribution in [-0.2, 0) is 33.9 Å². The molecule has 0 bridgehead atoms. The summed E-state index contributed by atoms with van der Waals surface area (Å²) in [5.74, 6) is -2.86. The Morgan fingerprint density at radius 2 is 1.76 bits per heavy atom. The molecule has 1 aromatic carbocycles. The third kappa shape index (κ3) is 9.84. The van der Waals surface area contributed by atoms with Gasteiger partial charge in [-0.2, -0.15) is 0 Å². The molecule has 2 heterocycles. The summed E-state index contributed by atoms with van der Waals surface area (Å²) in [5.41, 5.74) is -1.34. The van der Waals surface area contributed by atoms with Crippen LogP contribution in [-0.4, -0.2) is 89.3 Å². The number of hydrogen-bond acceptors (Lipinski definition) is 11. The predicted octanol–water partition coefficient (Wildman–Crippen LogP) is 5.03. The van der Waals surface area contributed by atoms with Gasteiger partial charge in [-0.15, -0.1) is 17.9 Å². The van der Waals surface area contributed by atoms with Crippen molar-refractivity contribution in [2.24, 2.45) is 11.3 Å². The summed E-state index contributed by atoms with van der Waals surface area (Å²) in [7, 11) is -4.00. The molecular formula is C38H52N6O9S2. The zero-order valence-corrected chi connectivity index (χ0v) is 34.0. The molecule has 3 aliphatic rings. The average Bonchev–Trinajstić information content (AvgIpc) is 3.58. The maximum absolute atomic E-state index is 14.5. The van der Waals surface area contributed by atoms with Crippen LogP contribution in [0.4, 0.5) is 15.3 Å². The first-order valence-electron chi connectivity index (χ1n) is 18.4. The first-order valence-corrected chi connectivity index (χ1v) is 20.8. The number of ether oxygens (including phenoxy) is 2. The number of nitrogens with zero attached hydrogens (tertiary/aromatic N) is 2. The largest absolute Gasteiger partial charge is 0.444 e. The fourth-order valence-corrected chi connectivity index (χ4v) is 9.29. The summed E-state index contributed by atoms with van der Waals surface area (Å²) in [5, 5.41) is 9.97. The second-order valence-corrected chi connectivity index (χ2v) is 19.5. The number of hydrogen-bond donors (Lipinski definition) is 4. The number of thiazole rings is 1. The van der Waals surface area contributed by atoms with Gasteiger partial charge in [0.1, 0.15) is 34.3 Å². The highest BCUT2D eigenvalue weighted by atomic mass is 32.2. The van der Waals surface area contributed by atoms with Gasteiger partial charge in [0, 0.05) is 29.5 Å². The van der Waals surface area contributed by atoms with E-state index in [1.807, 2.05) is 24.4 Å². The van der Waals surface area contributed by atoms with Crippen molar-refractivity contribution in [2.45, 2.75) is 122 Å². The van der Waals surface area contributed by atoms with E-state index in [0.717, 1.165) is 18.4 Å². The van der Waals surface area contributed by atoms with Crippen molar-refractivity contribution in [3.8, 4) is 10.6 Å². The topological polar surface area (TPSA) is 202 Å². The van der Waals surface area contributed by atoms with E-state index in [-0.39, 0.29) is 19.4 Å². The molecule has 3 fully saturated rings. The second-order valence-electron chi connectivity index (χ2n) is 16.6. The standard InChI is InChI=1S/C38H52N6O9S2/c1-9-23-20-38(23,33(47)43-55(50,51)25-12-10-11-13-25)42-30(45)28-19-24(21-44(28)32(46)29(36(3,4)5)41-35(49)53-37(6,7)8)52-34(48)40-27-18-22(2)14-15-26(27)31-39-16-17-54-31/h9,14-18,23-25,28-29H,1,10-13,19-21H2,2-8H3,(H,40,48)(H,41,49)(H,42,45)(H,43,47). The van der Waals surface area contributed by atoms with Crippen molar-refractivity contribution in [2.75, 3.05) is 11.9 Å². The van der Waals surface area contributed by atoms with E-state index < -0.39 is 85.8 Å². The number of aromatic nitrogens is 1. The van der Waals surface area contributed by atoms with Gasteiger partial charge in [-0.05, 0) is 70.1 Å². The molecule has 5 unspecified atom stereocenters. The molecular weight excluding hydrogens is 749 g/mol. The number of carbonyl (C=O) groups excluding carboxylic acids is 5. The van der Waals surface area contributed by atoms with Crippen molar-refractivity contribution >= 4 is 57.0 Å². The monoisotopic (exact) mass is 800 g/mol. The SMILES string of the molecule is C=CC1CC1(NC(=O)C1CC(OC(=O)Nc2cc(C)ccc2-c2nccs2)CN1C(=O)C(NC(=O)OC(C)(C)C)C(C)(C)C)C(=O)NS(=O)(=O)C1CCCC1. The first kappa shape index (κ1) is 41.6. The fourth-order valence-electron chi connectivity index (χ4n) is 7.05. The zero-order valence-electron chi connectivity index (χ0n) is 32.4. The zero-order chi connectivity index (χ0) is 40.5. The predicted molar refractivity (Wildman–Crippen MR) is 207 cm³/mol. The third-order valence-electron chi connectivity index (χ3n) is 10.00. The Balaban J connectivity index is 1.40. The number of carbonyl (C=O) groups is 5. The minimum Gasteiger partial charge on any atom is -0.444 e. The number of aryl methyl sites for hydroxylation is 1. The maximum Gasteiger partial charge on any atom is 0.411 e. The molecule has 55 heavy (non-hydrogen) atoms. The Morgan fingerprint density at radius 1 is 1.07 bits per heavy atom. The molecule has 0 spiro atoms. The van der Waals surface area contributed by atoms with E-state index in [9.17, 15) is 32.4 Å². The van der Waals surface area contributed by atoms with Crippen molar-refractivity contribution in [1.29, 1.82) is 0 Å². The van der Waals surface area contributed by atoms with E-state index in [2.05, 4.69) is 32.2 Å². The van der Waals surface area contributed by atoms with Gasteiger partial charge in [-0.3, -0.25) is 24.4 Å². The van der Waals surface area contributed by atoms with Crippen LogP contribution in [0.5, 0.6) is 0 Å². The molecule has 4 N–H and O–H groups in total. The summed E-state index contributed by atoms with van der Waals surface area (Å²) in [6.45, 7) is 15.7. The number of rotatable bonds is 11. The number of sulfonamides is 1. The quantitative estimate of drug-likeness (QED) is 0.224. The molecule has 2 aromatic rings. The lowest BCUT2D eigenvalue weighted by Crippen LogP contribution is -2.60. The van der Waals surface area contributed by atoms with E-state index in [1.54, 1.807) is 53.8 Å². The molecule has 0 radical (unpaired) electrons. The van der Waals surface area contributed by atoms with Gasteiger partial charge in [-0.25, -0.2) is 23.0 Å². The Morgan fingerprint density at radius 3 is 2.35 bits per heavy atom. The third-order valence-corrected chi connectivity index (χ3v) is 12.6. The first-order chi connectivity index (χ1) is 25.6. The molecule has 1 aliphatic heterocycles. The number of nitrogens with one attached hydrogen (secondary N) is 4. The van der Waals surface area contributed by atoms with Gasteiger partial charge >= 0.3 is 12.2 Å². The van der Waals surface area contributed by atoms with Gasteiger partial charge in [0.2, 0.25) is 21.8 Å². The van der Waals surface area contributed by atoms with E-state index in [4.69, 9.17) is 9.47 Å². The van der Waals surface area contributed by atoms with Crippen LogP contribution in [0.3, 0.4) is 0 Å². The van der Waals surface area contributed by atoms with E-state index in [1.165, 1.54) is 22.3 Å². The van der Waals surface area contributed by atoms with Crippen LogP contribution in [0.25, 0.3) is 10.6 Å². The van der Waals surface area contributed by atoms with Crippen LogP contribution in [0.1, 0.15) is 85.6 Å². The van der Waals surface area contributed by atoms with Gasteiger partial charge < -0.3 is 25.0 Å². The molecule has 300 valence electrons. The molecule has 2 aliphatic carbocycles. The maximum atomic E-state index is 14.5. The number of benzene rings is 1. The minimum absolute atomic E-state index is 0.0972. The minimum atomic E-state index is -4.00. The summed E-state index contributed by atoms with van der Waals surface area (Å²) in [6, 6.07) is 3.04. The fraction of sp³-hybridized carbons (Fsp3) is 0.579. The number of amides is 5. The highest BCUT2D eigenvalue weighted by Crippen LogP contribution is 2.45. The lowest BCUT2D eigenvalue weighted by Gasteiger charge is -2.36. The van der Waals surface area contributed by atoms with Gasteiger partial charge in [0.15, 0.2) is 0 Å². The lowest BCUT2D eigenvalue weighted by molar-refractivity contribution is -0.143. The van der Waals surface area contributed by atoms with Crippen LogP contribution in [0, 0.1) is 18.3 Å². The molecule has 5 amide bonds. The van der Waals surface area contributed by atoms with Gasteiger partial charge in [-0.1, -0.05) is 45.8 Å². The Kier molecular flexibility index (Phi) is 12.1. The molecule has 17 heteroatoms. The van der Waals surface area contributed by atoms with Crippen molar-refractivity contribution < 1.29 is 41.9 Å². The van der Waals surface area contributed by atoms with Crippen molar-refractivity contribution in [3.63, 3.8) is 0 Å². The summed E-state index contributed by atoms with van der Waals surface area (Å²) in [6.07, 6.45) is 2.75. The average molecular weight is 801 g/mol. The van der Waals surface area contributed by atoms with Crippen molar-refractivity contribution in [1.82, 2.24) is 25.2 Å². The van der Waals surface area contributed by atoms with Crippen LogP contribution >= 0.6 is 11.3 Å². The van der Waals surface area contributed by atoms with Crippen LogP contribution < -0.4 is 20.7 Å². The molecule has 5 rings (SSSR count). The van der Waals surface area contributed by atoms with Crippen LogP contribution in [0.15, 0.2) is 42.4 Å². The smallest absolute Gasteiger partial charge is 0.411 e. The molecule has 1 saturated heterocycles. The Labute approximate surface area is 326 Å². The number of anilines is 1. The Hall–Kier alpha value is -4.51. The summed E-state index contributed by atoms with van der Waals surface area (Å²) in [4.78, 5) is 74.3. The highest BCUT2D eigenvalue weighted by Gasteiger charge is 2.62. The van der Waals surface area contributed by atoms with E-state index in [0.29, 0.717) is 29.1 Å².